The van der Waals surface area contributed by atoms with Crippen LogP contribution in [0.5, 0.6) is 17.2 Å². The molecule has 1 aromatic heterocycles. The minimum absolute atomic E-state index is 0.158. The zero-order valence-electron chi connectivity index (χ0n) is 17.4. The fourth-order valence-corrected chi connectivity index (χ4v) is 4.28. The number of nitrogens with one attached hydrogen (secondary N) is 1. The number of hydrogen-bond acceptors (Lipinski definition) is 4. The molecule has 0 aliphatic heterocycles. The lowest BCUT2D eigenvalue weighted by atomic mass is 9.94. The van der Waals surface area contributed by atoms with Crippen molar-refractivity contribution in [2.24, 2.45) is 0 Å². The summed E-state index contributed by atoms with van der Waals surface area (Å²) in [7, 11) is 3.21. The molecule has 0 spiro atoms. The Morgan fingerprint density at radius 1 is 1.00 bits per heavy atom. The van der Waals surface area contributed by atoms with Gasteiger partial charge in [0.15, 0.2) is 11.5 Å². The van der Waals surface area contributed by atoms with Crippen LogP contribution in [-0.2, 0) is 5.41 Å². The second-order valence-electron chi connectivity index (χ2n) is 7.87. The topological polar surface area (TPSA) is 56.4 Å². The van der Waals surface area contributed by atoms with Gasteiger partial charge in [-0.2, -0.15) is 0 Å². The lowest BCUT2D eigenvalue weighted by molar-refractivity contribution is 0.270. The van der Waals surface area contributed by atoms with Gasteiger partial charge in [0.1, 0.15) is 17.4 Å². The summed E-state index contributed by atoms with van der Waals surface area (Å²) in [5, 5.41) is 0. The molecule has 6 heteroatoms. The van der Waals surface area contributed by atoms with Gasteiger partial charge in [0, 0.05) is 23.5 Å². The lowest BCUT2D eigenvalue weighted by Crippen LogP contribution is -2.20. The Morgan fingerprint density at radius 2 is 1.81 bits per heavy atom. The Hall–Kier alpha value is -3.54. The Morgan fingerprint density at radius 3 is 2.58 bits per heavy atom. The smallest absolute Gasteiger partial charge is 0.164 e. The van der Waals surface area contributed by atoms with Crippen LogP contribution >= 0.6 is 0 Å². The van der Waals surface area contributed by atoms with Gasteiger partial charge in [-0.25, -0.2) is 9.37 Å². The summed E-state index contributed by atoms with van der Waals surface area (Å²) < 4.78 is 30.6. The van der Waals surface area contributed by atoms with Crippen LogP contribution < -0.4 is 14.2 Å². The van der Waals surface area contributed by atoms with Crippen LogP contribution in [0.1, 0.15) is 23.7 Å². The average molecular weight is 418 g/mol. The molecule has 2 atom stereocenters. The number of benzene rings is 3. The number of methoxy groups -OCH3 is 2. The highest BCUT2D eigenvalue weighted by atomic mass is 19.1. The van der Waals surface area contributed by atoms with Crippen LogP contribution in [0, 0.1) is 5.82 Å². The number of fused-ring (bicyclic) bond motifs is 1. The number of aromatic amines is 1. The van der Waals surface area contributed by atoms with Crippen molar-refractivity contribution in [3.8, 4) is 17.2 Å². The van der Waals surface area contributed by atoms with Crippen LogP contribution in [0.25, 0.3) is 11.0 Å². The first-order chi connectivity index (χ1) is 15.1. The Bertz CT molecular complexity index is 1220. The largest absolute Gasteiger partial charge is 0.493 e. The van der Waals surface area contributed by atoms with E-state index in [2.05, 4.69) is 22.1 Å². The predicted octanol–water partition coefficient (Wildman–Crippen LogP) is 5.22. The normalized spacial score (nSPS) is 19.9. The SMILES string of the molecule is COc1ccc(OCC2(c3ccccc3)CC2c2nc3cc(F)ccc3[nH]2)cc1OC. The molecule has 1 aliphatic rings. The molecule has 0 bridgehead atoms. The summed E-state index contributed by atoms with van der Waals surface area (Å²) in [6.45, 7) is 0.489. The molecule has 1 saturated carbocycles. The highest BCUT2D eigenvalue weighted by Gasteiger charge is 2.58. The standard InChI is InChI=1S/C25H23FN2O3/c1-29-22-11-9-18(13-23(22)30-2)31-15-25(16-6-4-3-5-7-16)14-19(25)24-27-20-10-8-17(26)12-21(20)28-24/h3-13,19H,14-15H2,1-2H3,(H,27,28). The first kappa shape index (κ1) is 19.4. The fourth-order valence-electron chi connectivity index (χ4n) is 4.28. The Labute approximate surface area is 179 Å². The molecule has 1 aliphatic carbocycles. The van der Waals surface area contributed by atoms with E-state index in [9.17, 15) is 4.39 Å². The van der Waals surface area contributed by atoms with Gasteiger partial charge >= 0.3 is 0 Å². The first-order valence-electron chi connectivity index (χ1n) is 10.2. The van der Waals surface area contributed by atoms with Crippen LogP contribution in [0.4, 0.5) is 4.39 Å². The molecule has 1 fully saturated rings. The van der Waals surface area contributed by atoms with E-state index >= 15 is 0 Å². The van der Waals surface area contributed by atoms with Crippen molar-refractivity contribution in [2.45, 2.75) is 17.8 Å². The molecule has 5 nitrogen and oxygen atoms in total. The third kappa shape index (κ3) is 3.48. The van der Waals surface area contributed by atoms with Gasteiger partial charge in [-0.05, 0) is 36.2 Å². The number of ether oxygens (including phenoxy) is 3. The van der Waals surface area contributed by atoms with Gasteiger partial charge < -0.3 is 19.2 Å². The van der Waals surface area contributed by atoms with Crippen molar-refractivity contribution in [1.82, 2.24) is 9.97 Å². The summed E-state index contributed by atoms with van der Waals surface area (Å²) in [6.07, 6.45) is 0.895. The highest BCUT2D eigenvalue weighted by Crippen LogP contribution is 2.60. The molecule has 4 aromatic rings. The van der Waals surface area contributed by atoms with E-state index in [4.69, 9.17) is 14.2 Å². The highest BCUT2D eigenvalue weighted by molar-refractivity contribution is 5.75. The van der Waals surface area contributed by atoms with Crippen LogP contribution in [0.3, 0.4) is 0 Å². The van der Waals surface area contributed by atoms with Gasteiger partial charge in [0.2, 0.25) is 0 Å². The number of imidazole rings is 1. The average Bonchev–Trinajstić information content (AvgIpc) is 3.41. The molecule has 1 N–H and O–H groups in total. The van der Waals surface area contributed by atoms with E-state index in [1.54, 1.807) is 20.3 Å². The van der Waals surface area contributed by atoms with E-state index < -0.39 is 0 Å². The number of halogens is 1. The summed E-state index contributed by atoms with van der Waals surface area (Å²) in [5.41, 5.74) is 2.48. The fraction of sp³-hybridized carbons (Fsp3) is 0.240. The molecule has 31 heavy (non-hydrogen) atoms. The molecule has 2 unspecified atom stereocenters. The zero-order valence-corrected chi connectivity index (χ0v) is 17.4. The molecule has 0 amide bonds. The third-order valence-corrected chi connectivity index (χ3v) is 6.07. The van der Waals surface area contributed by atoms with Crippen molar-refractivity contribution >= 4 is 11.0 Å². The third-order valence-electron chi connectivity index (χ3n) is 6.07. The van der Waals surface area contributed by atoms with Crippen LogP contribution in [0.15, 0.2) is 66.7 Å². The summed E-state index contributed by atoms with van der Waals surface area (Å²) >= 11 is 0. The first-order valence-corrected chi connectivity index (χ1v) is 10.2. The molecule has 3 aromatic carbocycles. The van der Waals surface area contributed by atoms with E-state index in [1.165, 1.54) is 17.7 Å². The molecular weight excluding hydrogens is 395 g/mol. The number of H-pyrrole nitrogens is 1. The summed E-state index contributed by atoms with van der Waals surface area (Å²) in [4.78, 5) is 8.04. The summed E-state index contributed by atoms with van der Waals surface area (Å²) in [5.74, 6) is 2.73. The van der Waals surface area contributed by atoms with Crippen molar-refractivity contribution in [3.63, 3.8) is 0 Å². The summed E-state index contributed by atoms with van der Waals surface area (Å²) in [6, 6.07) is 20.5. The van der Waals surface area contributed by atoms with Crippen molar-refractivity contribution < 1.29 is 18.6 Å². The van der Waals surface area contributed by atoms with Crippen LogP contribution in [-0.4, -0.2) is 30.8 Å². The van der Waals surface area contributed by atoms with Crippen LogP contribution in [0.2, 0.25) is 0 Å². The second kappa shape index (κ2) is 7.61. The predicted molar refractivity (Wildman–Crippen MR) is 117 cm³/mol. The maximum atomic E-state index is 13.6. The van der Waals surface area contributed by atoms with E-state index in [0.29, 0.717) is 29.4 Å². The molecule has 0 saturated heterocycles. The second-order valence-corrected chi connectivity index (χ2v) is 7.87. The molecule has 5 rings (SSSR count). The number of rotatable bonds is 7. The van der Waals surface area contributed by atoms with Gasteiger partial charge in [-0.1, -0.05) is 30.3 Å². The van der Waals surface area contributed by atoms with Crippen molar-refractivity contribution in [1.29, 1.82) is 0 Å². The zero-order chi connectivity index (χ0) is 21.4. The van der Waals surface area contributed by atoms with Crippen molar-refractivity contribution in [3.05, 3.63) is 83.9 Å². The van der Waals surface area contributed by atoms with Gasteiger partial charge in [0.25, 0.3) is 0 Å². The van der Waals surface area contributed by atoms with E-state index in [0.717, 1.165) is 17.8 Å². The van der Waals surface area contributed by atoms with E-state index in [1.807, 2.05) is 36.4 Å². The Kier molecular flexibility index (Phi) is 4.77. The Balaban J connectivity index is 1.44. The minimum atomic E-state index is -0.285. The quantitative estimate of drug-likeness (QED) is 0.447. The van der Waals surface area contributed by atoms with Gasteiger partial charge in [-0.3, -0.25) is 0 Å². The lowest BCUT2D eigenvalue weighted by Gasteiger charge is -2.19. The number of nitrogens with zero attached hydrogens (tertiary/aromatic N) is 1. The molecule has 0 radical (unpaired) electrons. The molecule has 158 valence electrons. The minimum Gasteiger partial charge on any atom is -0.493 e. The number of aromatic nitrogens is 2. The van der Waals surface area contributed by atoms with Gasteiger partial charge in [-0.15, -0.1) is 0 Å². The molecular formula is C25H23FN2O3. The molecule has 1 heterocycles. The number of hydrogen-bond donors (Lipinski definition) is 1. The maximum absolute atomic E-state index is 13.6. The monoisotopic (exact) mass is 418 g/mol. The van der Waals surface area contributed by atoms with Gasteiger partial charge in [0.05, 0.1) is 31.9 Å². The van der Waals surface area contributed by atoms with E-state index in [-0.39, 0.29) is 17.2 Å². The van der Waals surface area contributed by atoms with Crippen molar-refractivity contribution in [2.75, 3.05) is 20.8 Å². The maximum Gasteiger partial charge on any atom is 0.164 e.